The Bertz CT molecular complexity index is 696. The second kappa shape index (κ2) is 5.36. The van der Waals surface area contributed by atoms with Crippen LogP contribution in [0, 0.1) is 0 Å². The van der Waals surface area contributed by atoms with Crippen LogP contribution in [0.3, 0.4) is 0 Å². The zero-order valence-electron chi connectivity index (χ0n) is 10.7. The fourth-order valence-electron chi connectivity index (χ4n) is 2.51. The highest BCUT2D eigenvalue weighted by atomic mass is 32.2. The number of fused-ring (bicyclic) bond motifs is 1. The van der Waals surface area contributed by atoms with Gasteiger partial charge in [0.2, 0.25) is 10.0 Å². The van der Waals surface area contributed by atoms with Crippen LogP contribution in [0.25, 0.3) is 0 Å². The predicted molar refractivity (Wildman–Crippen MR) is 76.6 cm³/mol. The van der Waals surface area contributed by atoms with Crippen LogP contribution in [0.15, 0.2) is 31.8 Å². The van der Waals surface area contributed by atoms with E-state index in [0.29, 0.717) is 24.2 Å². The lowest BCUT2D eigenvalue weighted by Gasteiger charge is -2.28. The van der Waals surface area contributed by atoms with Gasteiger partial charge < -0.3 is 5.11 Å². The van der Waals surface area contributed by atoms with Crippen molar-refractivity contribution in [3.05, 3.63) is 18.2 Å². The van der Waals surface area contributed by atoms with E-state index in [9.17, 15) is 13.5 Å². The average molecular weight is 313 g/mol. The summed E-state index contributed by atoms with van der Waals surface area (Å²) in [6, 6.07) is 4.47. The minimum Gasteiger partial charge on any atom is -0.391 e. The summed E-state index contributed by atoms with van der Waals surface area (Å²) in [7, 11) is -3.70. The molecule has 0 spiro atoms. The Kier molecular flexibility index (Phi) is 3.72. The zero-order valence-corrected chi connectivity index (χ0v) is 12.3. The van der Waals surface area contributed by atoms with Crippen molar-refractivity contribution in [2.75, 3.05) is 0 Å². The van der Waals surface area contributed by atoms with Crippen LogP contribution < -0.4 is 4.72 Å². The van der Waals surface area contributed by atoms with E-state index >= 15 is 0 Å². The van der Waals surface area contributed by atoms with E-state index in [4.69, 9.17) is 0 Å². The summed E-state index contributed by atoms with van der Waals surface area (Å²) >= 11 is 0.988. The molecule has 6 nitrogen and oxygen atoms in total. The van der Waals surface area contributed by atoms with Gasteiger partial charge in [0.15, 0.2) is 0 Å². The number of hydrogen-bond acceptors (Lipinski definition) is 5. The average Bonchev–Trinajstić information content (AvgIpc) is 2.89. The van der Waals surface area contributed by atoms with Crippen molar-refractivity contribution in [1.29, 1.82) is 0 Å². The van der Waals surface area contributed by atoms with Crippen molar-refractivity contribution in [3.63, 3.8) is 0 Å². The summed E-state index contributed by atoms with van der Waals surface area (Å²) in [5.41, 5.74) is 0.956. The molecule has 20 heavy (non-hydrogen) atoms. The Morgan fingerprint density at radius 3 is 2.85 bits per heavy atom. The zero-order chi connectivity index (χ0) is 14.2. The first-order valence-electron chi connectivity index (χ1n) is 6.49. The molecule has 1 fully saturated rings. The van der Waals surface area contributed by atoms with Gasteiger partial charge in [-0.3, -0.25) is 0 Å². The maximum atomic E-state index is 12.5. The van der Waals surface area contributed by atoms with Crippen LogP contribution in [-0.4, -0.2) is 25.7 Å². The molecule has 0 radical (unpaired) electrons. The second-order valence-corrected chi connectivity index (χ2v) is 7.18. The molecule has 1 saturated carbocycles. The summed E-state index contributed by atoms with van der Waals surface area (Å²) in [4.78, 5) is 0.126. The fourth-order valence-corrected chi connectivity index (χ4v) is 4.58. The lowest BCUT2D eigenvalue weighted by Crippen LogP contribution is -2.44. The van der Waals surface area contributed by atoms with Crippen LogP contribution in [-0.2, 0) is 21.4 Å². The molecule has 1 aliphatic heterocycles. The Hall–Kier alpha value is -1.09. The Labute approximate surface area is 121 Å². The maximum Gasteiger partial charge on any atom is 0.243 e. The van der Waals surface area contributed by atoms with E-state index in [2.05, 4.69) is 13.4 Å². The number of sulfonamides is 1. The van der Waals surface area contributed by atoms with Gasteiger partial charge in [-0.05, 0) is 25.0 Å². The van der Waals surface area contributed by atoms with Gasteiger partial charge in [-0.2, -0.15) is 8.73 Å². The topological polar surface area (TPSA) is 91.1 Å². The first-order valence-corrected chi connectivity index (χ1v) is 8.71. The monoisotopic (exact) mass is 313 g/mol. The quantitative estimate of drug-likeness (QED) is 0.908. The van der Waals surface area contributed by atoms with Gasteiger partial charge in [-0.15, -0.1) is 0 Å². The van der Waals surface area contributed by atoms with Crippen LogP contribution in [0.1, 0.15) is 25.7 Å². The molecule has 0 bridgehead atoms. The SMILES string of the molecule is O=S(=O)(N[C@@H]1CCCC[C@H]1O)c1cccc2c1N=S=N2. The van der Waals surface area contributed by atoms with E-state index in [-0.39, 0.29) is 4.90 Å². The van der Waals surface area contributed by atoms with Crippen LogP contribution >= 0.6 is 0 Å². The summed E-state index contributed by atoms with van der Waals surface area (Å²) in [5.74, 6) is 0. The Balaban J connectivity index is 1.89. The van der Waals surface area contributed by atoms with Gasteiger partial charge in [0, 0.05) is 6.04 Å². The highest BCUT2D eigenvalue weighted by Crippen LogP contribution is 2.37. The normalized spacial score (nSPS) is 25.2. The van der Waals surface area contributed by atoms with Gasteiger partial charge in [-0.1, -0.05) is 18.9 Å². The lowest BCUT2D eigenvalue weighted by atomic mass is 9.93. The molecule has 108 valence electrons. The predicted octanol–water partition coefficient (Wildman–Crippen LogP) is 1.99. The molecule has 1 aromatic carbocycles. The third-order valence-corrected chi connectivity index (χ3v) is 5.64. The number of rotatable bonds is 3. The number of aliphatic hydroxyl groups excluding tert-OH is 1. The highest BCUT2D eigenvalue weighted by molar-refractivity contribution is 7.89. The third-order valence-electron chi connectivity index (χ3n) is 3.57. The second-order valence-electron chi connectivity index (χ2n) is 4.97. The number of nitrogens with zero attached hydrogens (tertiary/aromatic N) is 2. The maximum absolute atomic E-state index is 12.5. The number of nitrogens with one attached hydrogen (secondary N) is 1. The molecule has 2 aliphatic rings. The van der Waals surface area contributed by atoms with E-state index in [1.807, 2.05) is 0 Å². The van der Waals surface area contributed by atoms with Gasteiger partial charge in [0.05, 0.1) is 17.5 Å². The molecule has 2 N–H and O–H groups in total. The Morgan fingerprint density at radius 2 is 2.05 bits per heavy atom. The van der Waals surface area contributed by atoms with E-state index < -0.39 is 22.2 Å². The van der Waals surface area contributed by atoms with Crippen LogP contribution in [0.4, 0.5) is 11.4 Å². The lowest BCUT2D eigenvalue weighted by molar-refractivity contribution is 0.101. The van der Waals surface area contributed by atoms with Crippen molar-refractivity contribution in [2.45, 2.75) is 42.7 Å². The van der Waals surface area contributed by atoms with Gasteiger partial charge in [0.1, 0.15) is 16.3 Å². The molecule has 0 amide bonds. The van der Waals surface area contributed by atoms with Crippen molar-refractivity contribution < 1.29 is 13.5 Å². The Morgan fingerprint density at radius 1 is 1.25 bits per heavy atom. The van der Waals surface area contributed by atoms with Crippen molar-refractivity contribution in [3.8, 4) is 0 Å². The molecular formula is C12H15N3O3S2. The smallest absolute Gasteiger partial charge is 0.243 e. The minimum absolute atomic E-state index is 0.126. The summed E-state index contributed by atoms with van der Waals surface area (Å²) in [5, 5.41) is 9.90. The number of hydrogen-bond donors (Lipinski definition) is 2. The molecule has 1 heterocycles. The highest BCUT2D eigenvalue weighted by Gasteiger charge is 2.30. The van der Waals surface area contributed by atoms with Crippen LogP contribution in [0.5, 0.6) is 0 Å². The fraction of sp³-hybridized carbons (Fsp3) is 0.500. The third kappa shape index (κ3) is 2.56. The summed E-state index contributed by atoms with van der Waals surface area (Å²) in [6.07, 6.45) is 2.53. The van der Waals surface area contributed by atoms with Gasteiger partial charge >= 0.3 is 0 Å². The van der Waals surface area contributed by atoms with Crippen molar-refractivity contribution in [2.24, 2.45) is 8.73 Å². The van der Waals surface area contributed by atoms with Crippen molar-refractivity contribution >= 4 is 32.8 Å². The molecule has 0 aromatic heterocycles. The summed E-state index contributed by atoms with van der Waals surface area (Å²) < 4.78 is 35.6. The van der Waals surface area contributed by atoms with E-state index in [1.165, 1.54) is 6.07 Å². The first-order chi connectivity index (χ1) is 9.58. The molecule has 8 heteroatoms. The number of benzene rings is 1. The molecule has 0 unspecified atom stereocenters. The minimum atomic E-state index is -3.70. The molecule has 0 saturated heterocycles. The van der Waals surface area contributed by atoms with Gasteiger partial charge in [-0.25, -0.2) is 13.1 Å². The largest absolute Gasteiger partial charge is 0.391 e. The van der Waals surface area contributed by atoms with Crippen LogP contribution in [0.2, 0.25) is 0 Å². The first kappa shape index (κ1) is 13.9. The molecule has 1 aliphatic carbocycles. The standard InChI is InChI=1S/C12H15N3O3S2/c16-10-6-2-1-4-8(10)15-20(17,18)11-7-3-5-9-12(11)14-19-13-9/h3,5,7-8,10,15-16H,1-2,4,6H2/t8-,10-/m1/s1. The summed E-state index contributed by atoms with van der Waals surface area (Å²) in [6.45, 7) is 0. The van der Waals surface area contributed by atoms with E-state index in [1.54, 1.807) is 12.1 Å². The van der Waals surface area contributed by atoms with Gasteiger partial charge in [0.25, 0.3) is 0 Å². The molecule has 3 rings (SSSR count). The van der Waals surface area contributed by atoms with E-state index in [0.717, 1.165) is 24.2 Å². The molecule has 2 atom stereocenters. The molecular weight excluding hydrogens is 298 g/mol. The van der Waals surface area contributed by atoms with Crippen molar-refractivity contribution in [1.82, 2.24) is 4.72 Å². The molecule has 1 aromatic rings. The number of aliphatic hydroxyl groups is 1.